The van der Waals surface area contributed by atoms with E-state index in [0.717, 1.165) is 29.8 Å². The van der Waals surface area contributed by atoms with Gasteiger partial charge in [-0.15, -0.1) is 0 Å². The van der Waals surface area contributed by atoms with Crippen molar-refractivity contribution in [1.82, 2.24) is 4.98 Å². The molecule has 1 aliphatic rings. The molecule has 0 aliphatic carbocycles. The number of para-hydroxylation sites is 3. The molecule has 0 N–H and O–H groups in total. The Kier molecular flexibility index (Phi) is 3.79. The second-order valence-corrected chi connectivity index (χ2v) is 6.52. The summed E-state index contributed by atoms with van der Waals surface area (Å²) in [5.41, 5.74) is 3.96. The van der Waals surface area contributed by atoms with Crippen molar-refractivity contribution in [2.75, 3.05) is 17.2 Å². The highest BCUT2D eigenvalue weighted by atomic mass is 32.2. The standard InChI is InChI=1S/C18H16N2O2S/c21-17(20-11-9-13-5-1-3-7-15(13)20)10-12-23-18-19-14-6-2-4-8-16(14)22-18/h1-8H,9-12H2. The van der Waals surface area contributed by atoms with Crippen LogP contribution in [0, 0.1) is 0 Å². The Bertz CT molecular complexity index is 826. The van der Waals surface area contributed by atoms with Crippen LogP contribution in [0.2, 0.25) is 0 Å². The molecule has 0 spiro atoms. The first-order valence-corrected chi connectivity index (χ1v) is 8.66. The van der Waals surface area contributed by atoms with Gasteiger partial charge in [0.1, 0.15) is 5.52 Å². The SMILES string of the molecule is O=C(CCSc1nc2ccccc2o1)N1CCc2ccccc21. The minimum Gasteiger partial charge on any atom is -0.431 e. The number of thioether (sulfide) groups is 1. The van der Waals surface area contributed by atoms with Crippen molar-refractivity contribution >= 4 is 34.5 Å². The van der Waals surface area contributed by atoms with Crippen molar-refractivity contribution in [3.05, 3.63) is 54.1 Å². The molecule has 116 valence electrons. The van der Waals surface area contributed by atoms with E-state index in [4.69, 9.17) is 4.42 Å². The summed E-state index contributed by atoms with van der Waals surface area (Å²) in [6.45, 7) is 0.783. The van der Waals surface area contributed by atoms with Gasteiger partial charge in [-0.2, -0.15) is 0 Å². The van der Waals surface area contributed by atoms with Gasteiger partial charge in [0.2, 0.25) is 5.91 Å². The average molecular weight is 324 g/mol. The van der Waals surface area contributed by atoms with Crippen LogP contribution in [0.3, 0.4) is 0 Å². The second kappa shape index (κ2) is 6.08. The van der Waals surface area contributed by atoms with Gasteiger partial charge >= 0.3 is 0 Å². The largest absolute Gasteiger partial charge is 0.431 e. The number of fused-ring (bicyclic) bond motifs is 2. The molecule has 4 rings (SSSR count). The molecule has 5 heteroatoms. The zero-order chi connectivity index (χ0) is 15.6. The van der Waals surface area contributed by atoms with Gasteiger partial charge in [0.05, 0.1) is 0 Å². The lowest BCUT2D eigenvalue weighted by molar-refractivity contribution is -0.118. The Morgan fingerprint density at radius 3 is 2.91 bits per heavy atom. The van der Waals surface area contributed by atoms with Crippen molar-refractivity contribution in [1.29, 1.82) is 0 Å². The van der Waals surface area contributed by atoms with E-state index in [0.29, 0.717) is 17.4 Å². The summed E-state index contributed by atoms with van der Waals surface area (Å²) in [6, 6.07) is 15.8. The van der Waals surface area contributed by atoms with Gasteiger partial charge in [0.15, 0.2) is 5.58 Å². The molecule has 2 heterocycles. The molecule has 23 heavy (non-hydrogen) atoms. The molecule has 1 aromatic heterocycles. The number of nitrogens with zero attached hydrogens (tertiary/aromatic N) is 2. The molecule has 0 saturated carbocycles. The lowest BCUT2D eigenvalue weighted by Crippen LogP contribution is -2.29. The number of hydrogen-bond donors (Lipinski definition) is 0. The van der Waals surface area contributed by atoms with Crippen LogP contribution in [0.25, 0.3) is 11.1 Å². The normalized spacial score (nSPS) is 13.5. The van der Waals surface area contributed by atoms with Crippen LogP contribution in [-0.4, -0.2) is 23.2 Å². The topological polar surface area (TPSA) is 46.3 Å². The second-order valence-electron chi connectivity index (χ2n) is 5.47. The third-order valence-electron chi connectivity index (χ3n) is 4.00. The molecule has 1 amide bonds. The van der Waals surface area contributed by atoms with E-state index in [9.17, 15) is 4.79 Å². The molecule has 0 bridgehead atoms. The Balaban J connectivity index is 1.37. The van der Waals surface area contributed by atoms with Gasteiger partial charge in [-0.25, -0.2) is 4.98 Å². The van der Waals surface area contributed by atoms with Gasteiger partial charge in [0, 0.05) is 24.4 Å². The van der Waals surface area contributed by atoms with E-state index in [1.165, 1.54) is 17.3 Å². The summed E-state index contributed by atoms with van der Waals surface area (Å²) in [5, 5.41) is 0.626. The molecule has 4 nitrogen and oxygen atoms in total. The first kappa shape index (κ1) is 14.3. The van der Waals surface area contributed by atoms with Crippen LogP contribution in [0.5, 0.6) is 0 Å². The van der Waals surface area contributed by atoms with Gasteiger partial charge < -0.3 is 9.32 Å². The van der Waals surface area contributed by atoms with Crippen LogP contribution >= 0.6 is 11.8 Å². The highest BCUT2D eigenvalue weighted by Crippen LogP contribution is 2.29. The van der Waals surface area contributed by atoms with Crippen LogP contribution in [0.4, 0.5) is 5.69 Å². The number of amides is 1. The van der Waals surface area contributed by atoms with Crippen molar-refractivity contribution in [3.8, 4) is 0 Å². The molecule has 1 aliphatic heterocycles. The Morgan fingerprint density at radius 1 is 1.17 bits per heavy atom. The smallest absolute Gasteiger partial charge is 0.256 e. The van der Waals surface area contributed by atoms with Gasteiger partial charge in [0.25, 0.3) is 5.22 Å². The zero-order valence-electron chi connectivity index (χ0n) is 12.6. The lowest BCUT2D eigenvalue weighted by Gasteiger charge is -2.16. The number of anilines is 1. The lowest BCUT2D eigenvalue weighted by atomic mass is 10.2. The maximum absolute atomic E-state index is 12.4. The van der Waals surface area contributed by atoms with Crippen molar-refractivity contribution < 1.29 is 9.21 Å². The predicted octanol–water partition coefficient (Wildman–Crippen LogP) is 3.90. The van der Waals surface area contributed by atoms with E-state index in [-0.39, 0.29) is 5.91 Å². The zero-order valence-corrected chi connectivity index (χ0v) is 13.4. The van der Waals surface area contributed by atoms with Crippen molar-refractivity contribution in [2.24, 2.45) is 0 Å². The maximum Gasteiger partial charge on any atom is 0.256 e. The summed E-state index contributed by atoms with van der Waals surface area (Å²) in [5.74, 6) is 0.836. The molecule has 2 aromatic carbocycles. The van der Waals surface area contributed by atoms with E-state index >= 15 is 0 Å². The summed E-state index contributed by atoms with van der Waals surface area (Å²) in [7, 11) is 0. The Morgan fingerprint density at radius 2 is 2.00 bits per heavy atom. The molecule has 3 aromatic rings. The highest BCUT2D eigenvalue weighted by Gasteiger charge is 2.23. The fourth-order valence-corrected chi connectivity index (χ4v) is 3.63. The van der Waals surface area contributed by atoms with Gasteiger partial charge in [-0.05, 0) is 30.2 Å². The number of carbonyl (C=O) groups is 1. The quantitative estimate of drug-likeness (QED) is 0.683. The van der Waals surface area contributed by atoms with E-state index in [1.807, 2.05) is 47.4 Å². The molecule has 0 saturated heterocycles. The summed E-state index contributed by atoms with van der Waals surface area (Å²) < 4.78 is 5.66. The molecule has 0 fully saturated rings. The van der Waals surface area contributed by atoms with Gasteiger partial charge in [-0.1, -0.05) is 42.1 Å². The minimum absolute atomic E-state index is 0.165. The molecule has 0 radical (unpaired) electrons. The number of carbonyl (C=O) groups excluding carboxylic acids is 1. The number of oxazole rings is 1. The first-order valence-electron chi connectivity index (χ1n) is 7.68. The first-order chi connectivity index (χ1) is 11.3. The third kappa shape index (κ3) is 2.84. The summed E-state index contributed by atoms with van der Waals surface area (Å²) in [4.78, 5) is 18.7. The number of aromatic nitrogens is 1. The van der Waals surface area contributed by atoms with E-state index in [1.54, 1.807) is 0 Å². The van der Waals surface area contributed by atoms with Gasteiger partial charge in [-0.3, -0.25) is 4.79 Å². The van der Waals surface area contributed by atoms with Crippen LogP contribution in [0.15, 0.2) is 58.2 Å². The van der Waals surface area contributed by atoms with E-state index in [2.05, 4.69) is 11.1 Å². The summed E-state index contributed by atoms with van der Waals surface area (Å²) in [6.07, 6.45) is 1.43. The number of hydrogen-bond acceptors (Lipinski definition) is 4. The molecule has 0 atom stereocenters. The van der Waals surface area contributed by atoms with Crippen LogP contribution in [-0.2, 0) is 11.2 Å². The predicted molar refractivity (Wildman–Crippen MR) is 91.8 cm³/mol. The van der Waals surface area contributed by atoms with Crippen molar-refractivity contribution in [2.45, 2.75) is 18.1 Å². The molecular weight excluding hydrogens is 308 g/mol. The monoisotopic (exact) mass is 324 g/mol. The fraction of sp³-hybridized carbons (Fsp3) is 0.222. The fourth-order valence-electron chi connectivity index (χ4n) is 2.87. The van der Waals surface area contributed by atoms with Crippen molar-refractivity contribution in [3.63, 3.8) is 0 Å². The number of rotatable bonds is 4. The maximum atomic E-state index is 12.4. The third-order valence-corrected chi connectivity index (χ3v) is 4.83. The summed E-state index contributed by atoms with van der Waals surface area (Å²) >= 11 is 1.49. The molecular formula is C18H16N2O2S. The Labute approximate surface area is 138 Å². The molecule has 0 unspecified atom stereocenters. The Hall–Kier alpha value is -2.27. The highest BCUT2D eigenvalue weighted by molar-refractivity contribution is 7.99. The average Bonchev–Trinajstić information content (AvgIpc) is 3.18. The van der Waals surface area contributed by atoms with E-state index < -0.39 is 0 Å². The minimum atomic E-state index is 0.165. The van der Waals surface area contributed by atoms with Crippen LogP contribution < -0.4 is 4.90 Å². The number of benzene rings is 2. The van der Waals surface area contributed by atoms with Crippen LogP contribution in [0.1, 0.15) is 12.0 Å².